The summed E-state index contributed by atoms with van der Waals surface area (Å²) in [7, 11) is -3.04. The molecule has 0 aliphatic carbocycles. The average molecular weight is 337 g/mol. The van der Waals surface area contributed by atoms with Crippen LogP contribution in [0.15, 0.2) is 35.5 Å². The van der Waals surface area contributed by atoms with Crippen LogP contribution < -0.4 is 0 Å². The van der Waals surface area contributed by atoms with Gasteiger partial charge in [-0.15, -0.1) is 0 Å². The maximum Gasteiger partial charge on any atom is 0.319 e. The molecule has 0 amide bonds. The summed E-state index contributed by atoms with van der Waals surface area (Å²) in [6.45, 7) is -3.31. The molecule has 0 atom stereocenters. The molecular weight excluding hydrogens is 326 g/mol. The Labute approximate surface area is 123 Å². The molecule has 10 heteroatoms. The summed E-state index contributed by atoms with van der Waals surface area (Å²) < 4.78 is 77.1. The zero-order valence-electron chi connectivity index (χ0n) is 11.2. The van der Waals surface area contributed by atoms with Crippen molar-refractivity contribution in [1.29, 1.82) is 0 Å². The van der Waals surface area contributed by atoms with E-state index in [1.807, 2.05) is 0 Å². The summed E-state index contributed by atoms with van der Waals surface area (Å²) in [6.07, 6.45) is 2.12. The van der Waals surface area contributed by atoms with Crippen molar-refractivity contribution < 1.29 is 26.0 Å². The van der Waals surface area contributed by atoms with Gasteiger partial charge in [0.1, 0.15) is 5.82 Å². The zero-order valence-corrected chi connectivity index (χ0v) is 12.1. The number of halogens is 4. The topological polar surface area (TPSA) is 55.2 Å². The van der Waals surface area contributed by atoms with E-state index in [4.69, 9.17) is 0 Å². The van der Waals surface area contributed by atoms with Crippen molar-refractivity contribution in [3.63, 3.8) is 0 Å². The molecule has 0 radical (unpaired) electrons. The van der Waals surface area contributed by atoms with Crippen LogP contribution in [0.2, 0.25) is 0 Å². The lowest BCUT2D eigenvalue weighted by Gasteiger charge is -2.17. The molecule has 1 heterocycles. The highest BCUT2D eigenvalue weighted by molar-refractivity contribution is 7.89. The fraction of sp³-hybridized carbons (Fsp3) is 0.250. The van der Waals surface area contributed by atoms with Crippen molar-refractivity contribution in [3.8, 4) is 0 Å². The molecule has 2 aromatic rings. The SMILES string of the molecule is CN(Cc1nccn1C(F)F)S(=O)(=O)c1ccc(F)c(F)c1. The Morgan fingerprint density at radius 3 is 2.55 bits per heavy atom. The molecule has 0 saturated heterocycles. The molecule has 0 aliphatic rings. The Balaban J connectivity index is 2.29. The van der Waals surface area contributed by atoms with E-state index in [9.17, 15) is 26.0 Å². The van der Waals surface area contributed by atoms with Crippen LogP contribution in [-0.4, -0.2) is 29.3 Å². The number of rotatable bonds is 5. The first-order chi connectivity index (χ1) is 10.2. The Morgan fingerprint density at radius 1 is 1.27 bits per heavy atom. The van der Waals surface area contributed by atoms with Crippen LogP contribution in [0.3, 0.4) is 0 Å². The lowest BCUT2D eigenvalue weighted by Crippen LogP contribution is -2.28. The van der Waals surface area contributed by atoms with E-state index in [1.165, 1.54) is 0 Å². The summed E-state index contributed by atoms with van der Waals surface area (Å²) in [4.78, 5) is 3.18. The minimum atomic E-state index is -4.17. The molecule has 0 fully saturated rings. The van der Waals surface area contributed by atoms with Crippen LogP contribution in [-0.2, 0) is 16.6 Å². The zero-order chi connectivity index (χ0) is 16.5. The third-order valence-corrected chi connectivity index (χ3v) is 4.72. The Kier molecular flexibility index (Phi) is 4.52. The van der Waals surface area contributed by atoms with E-state index in [2.05, 4.69) is 4.98 Å². The number of benzene rings is 1. The molecule has 0 saturated carbocycles. The molecular formula is C12H11F4N3O2S. The maximum atomic E-state index is 13.1. The number of aromatic nitrogens is 2. The first-order valence-corrected chi connectivity index (χ1v) is 7.38. The number of sulfonamides is 1. The van der Waals surface area contributed by atoms with E-state index >= 15 is 0 Å². The van der Waals surface area contributed by atoms with Gasteiger partial charge >= 0.3 is 6.55 Å². The first kappa shape index (κ1) is 16.4. The van der Waals surface area contributed by atoms with E-state index in [0.29, 0.717) is 16.7 Å². The van der Waals surface area contributed by atoms with E-state index in [1.54, 1.807) is 0 Å². The predicted molar refractivity (Wildman–Crippen MR) is 68.5 cm³/mol. The van der Waals surface area contributed by atoms with Gasteiger partial charge in [-0.3, -0.25) is 4.57 Å². The van der Waals surface area contributed by atoms with Gasteiger partial charge in [0.2, 0.25) is 10.0 Å². The largest absolute Gasteiger partial charge is 0.319 e. The predicted octanol–water partition coefficient (Wildman–Crippen LogP) is 2.38. The second kappa shape index (κ2) is 6.05. The van der Waals surface area contributed by atoms with Crippen LogP contribution in [0.25, 0.3) is 0 Å². The summed E-state index contributed by atoms with van der Waals surface area (Å²) in [6, 6.07) is 2.10. The minimum Gasteiger partial charge on any atom is -0.277 e. The van der Waals surface area contributed by atoms with Crippen molar-refractivity contribution in [2.24, 2.45) is 0 Å². The molecule has 120 valence electrons. The fourth-order valence-electron chi connectivity index (χ4n) is 1.75. The second-order valence-corrected chi connectivity index (χ2v) is 6.41. The number of nitrogens with zero attached hydrogens (tertiary/aromatic N) is 3. The Hall–Kier alpha value is -1.94. The van der Waals surface area contributed by atoms with Crippen LogP contribution >= 0.6 is 0 Å². The van der Waals surface area contributed by atoms with Crippen LogP contribution in [0.4, 0.5) is 17.6 Å². The second-order valence-electron chi connectivity index (χ2n) is 4.37. The highest BCUT2D eigenvalue weighted by Gasteiger charge is 2.24. The van der Waals surface area contributed by atoms with Gasteiger partial charge in [-0.25, -0.2) is 22.2 Å². The van der Waals surface area contributed by atoms with Crippen molar-refractivity contribution in [1.82, 2.24) is 13.9 Å². The van der Waals surface area contributed by atoms with Gasteiger partial charge < -0.3 is 0 Å². The summed E-state index contributed by atoms with van der Waals surface area (Å²) >= 11 is 0. The van der Waals surface area contributed by atoms with Crippen LogP contribution in [0.1, 0.15) is 12.4 Å². The Bertz CT molecular complexity index is 776. The van der Waals surface area contributed by atoms with Gasteiger partial charge in [0.05, 0.1) is 11.4 Å². The molecule has 0 N–H and O–H groups in total. The van der Waals surface area contributed by atoms with Gasteiger partial charge in [-0.1, -0.05) is 0 Å². The first-order valence-electron chi connectivity index (χ1n) is 5.94. The number of imidazole rings is 1. The lowest BCUT2D eigenvalue weighted by molar-refractivity contribution is 0.0658. The average Bonchev–Trinajstić information content (AvgIpc) is 2.90. The lowest BCUT2D eigenvalue weighted by atomic mass is 10.3. The van der Waals surface area contributed by atoms with Gasteiger partial charge in [-0.2, -0.15) is 13.1 Å². The summed E-state index contributed by atoms with van der Waals surface area (Å²) in [5.41, 5.74) is 0. The van der Waals surface area contributed by atoms with Crippen molar-refractivity contribution >= 4 is 10.0 Å². The molecule has 5 nitrogen and oxygen atoms in total. The third-order valence-electron chi connectivity index (χ3n) is 2.92. The van der Waals surface area contributed by atoms with Crippen molar-refractivity contribution in [3.05, 3.63) is 48.1 Å². The number of hydrogen-bond donors (Lipinski definition) is 0. The van der Waals surface area contributed by atoms with Crippen LogP contribution in [0, 0.1) is 11.6 Å². The molecule has 0 aliphatic heterocycles. The smallest absolute Gasteiger partial charge is 0.277 e. The molecule has 1 aromatic heterocycles. The number of hydrogen-bond acceptors (Lipinski definition) is 3. The van der Waals surface area contributed by atoms with Gasteiger partial charge in [-0.05, 0) is 18.2 Å². The van der Waals surface area contributed by atoms with E-state index in [0.717, 1.165) is 29.8 Å². The van der Waals surface area contributed by atoms with E-state index < -0.39 is 39.6 Å². The molecule has 1 aromatic carbocycles. The summed E-state index contributed by atoms with van der Waals surface area (Å²) in [5, 5.41) is 0. The maximum absolute atomic E-state index is 13.1. The standard InChI is InChI=1S/C12H11F4N3O2S/c1-18(7-11-17-4-5-19(11)12(15)16)22(20,21)8-2-3-9(13)10(14)6-8/h2-6,12H,7H2,1H3. The minimum absolute atomic E-state index is 0.177. The van der Waals surface area contributed by atoms with Gasteiger partial charge in [0.15, 0.2) is 11.6 Å². The molecule has 0 unspecified atom stereocenters. The highest BCUT2D eigenvalue weighted by atomic mass is 32.2. The molecule has 0 spiro atoms. The molecule has 22 heavy (non-hydrogen) atoms. The monoisotopic (exact) mass is 337 g/mol. The highest BCUT2D eigenvalue weighted by Crippen LogP contribution is 2.20. The normalized spacial score (nSPS) is 12.3. The van der Waals surface area contributed by atoms with Crippen molar-refractivity contribution in [2.75, 3.05) is 7.05 Å². The molecule has 2 rings (SSSR count). The van der Waals surface area contributed by atoms with Crippen LogP contribution in [0.5, 0.6) is 0 Å². The van der Waals surface area contributed by atoms with Crippen molar-refractivity contribution in [2.45, 2.75) is 18.0 Å². The van der Waals surface area contributed by atoms with E-state index in [-0.39, 0.29) is 5.82 Å². The van der Waals surface area contributed by atoms with Gasteiger partial charge in [0, 0.05) is 19.4 Å². The summed E-state index contributed by atoms with van der Waals surface area (Å²) in [5.74, 6) is -2.68. The molecule has 0 bridgehead atoms. The fourth-order valence-corrected chi connectivity index (χ4v) is 2.88. The van der Waals surface area contributed by atoms with Gasteiger partial charge in [0.25, 0.3) is 0 Å². The Morgan fingerprint density at radius 2 is 1.95 bits per heavy atom. The number of alkyl halides is 2. The third kappa shape index (κ3) is 3.12. The quantitative estimate of drug-likeness (QED) is 0.787.